The van der Waals surface area contributed by atoms with Crippen LogP contribution in [0.2, 0.25) is 0 Å². The van der Waals surface area contributed by atoms with Crippen molar-refractivity contribution in [3.05, 3.63) is 0 Å². The molecule has 12 heteroatoms. The van der Waals surface area contributed by atoms with E-state index in [0.29, 0.717) is 19.4 Å². The van der Waals surface area contributed by atoms with Crippen molar-refractivity contribution in [2.75, 3.05) is 6.54 Å². The van der Waals surface area contributed by atoms with Crippen LogP contribution in [0.1, 0.15) is 127 Å². The Bertz CT molecular complexity index is 1120. The van der Waals surface area contributed by atoms with Crippen molar-refractivity contribution in [2.24, 2.45) is 28.9 Å². The van der Waals surface area contributed by atoms with E-state index in [1.54, 1.807) is 20.8 Å². The number of nitrogens with one attached hydrogen (secondary N) is 3. The number of nitrogens with zero attached hydrogens (tertiary/aromatic N) is 1. The lowest BCUT2D eigenvalue weighted by molar-refractivity contribution is -0.160. The third-order valence-corrected chi connectivity index (χ3v) is 9.45. The highest BCUT2D eigenvalue weighted by atomic mass is 16.6. The second-order valence-electron chi connectivity index (χ2n) is 15.8. The highest BCUT2D eigenvalue weighted by Crippen LogP contribution is 2.32. The quantitative estimate of drug-likeness (QED) is 0.202. The number of hydrogen-bond acceptors (Lipinski definition) is 7. The van der Waals surface area contributed by atoms with Gasteiger partial charge in [0.1, 0.15) is 23.7 Å². The number of amides is 5. The zero-order valence-electron chi connectivity index (χ0n) is 30.2. The molecule has 1 aliphatic heterocycles. The minimum atomic E-state index is -1.15. The molecule has 3 aliphatic rings. The molecule has 5 amide bonds. The first-order chi connectivity index (χ1) is 21.8. The highest BCUT2D eigenvalue weighted by molar-refractivity contribution is 6.37. The molecule has 0 aromatic carbocycles. The maximum atomic E-state index is 14.2. The minimum absolute atomic E-state index is 0.147. The molecule has 4 unspecified atom stereocenters. The molecule has 2 saturated carbocycles. The summed E-state index contributed by atoms with van der Waals surface area (Å²) in [5.41, 5.74) is 3.67. The first-order valence-electron chi connectivity index (χ1n) is 17.5. The Morgan fingerprint density at radius 3 is 1.87 bits per heavy atom. The van der Waals surface area contributed by atoms with E-state index in [4.69, 9.17) is 10.5 Å². The third-order valence-electron chi connectivity index (χ3n) is 9.45. The predicted octanol–water partition coefficient (Wildman–Crippen LogP) is 3.98. The number of carbonyl (C=O) groups is 6. The molecule has 1 heterocycles. The summed E-state index contributed by atoms with van der Waals surface area (Å²) in [6.45, 7) is 16.6. The monoisotopic (exact) mass is 663 g/mol. The molecule has 0 bridgehead atoms. The van der Waals surface area contributed by atoms with Crippen LogP contribution in [0.3, 0.4) is 0 Å². The topological polar surface area (TPSA) is 177 Å². The number of primary amides is 1. The molecule has 0 spiro atoms. The summed E-state index contributed by atoms with van der Waals surface area (Å²) in [5, 5.41) is 8.15. The van der Waals surface area contributed by atoms with Gasteiger partial charge >= 0.3 is 12.0 Å². The molecule has 5 atom stereocenters. The molecule has 0 aromatic heterocycles. The van der Waals surface area contributed by atoms with Crippen LogP contribution in [0, 0.1) is 23.2 Å². The summed E-state index contributed by atoms with van der Waals surface area (Å²) in [5.74, 6) is -2.83. The number of ether oxygens (including phenoxy) is 1. The lowest BCUT2D eigenvalue weighted by Crippen LogP contribution is -2.61. The second kappa shape index (κ2) is 17.3. The normalized spacial score (nSPS) is 22.4. The summed E-state index contributed by atoms with van der Waals surface area (Å²) in [7, 11) is 0. The number of hydrogen-bond donors (Lipinski definition) is 4. The molecule has 5 N–H and O–H groups in total. The molecule has 0 aromatic rings. The van der Waals surface area contributed by atoms with E-state index in [1.807, 2.05) is 27.7 Å². The first kappa shape index (κ1) is 40.0. The van der Waals surface area contributed by atoms with Crippen molar-refractivity contribution in [1.29, 1.82) is 0 Å². The SMILES string of the molecule is CC1CCC1.CCC1CCN(C(=O)C(NC(=O)NC(C(=O)OC(C)(C)C)C(C)(C)C)C2CCCCC2)[C@@H]1C(=O)NC(C)C(=O)C(N)=O. The average Bonchev–Trinajstić information content (AvgIpc) is 3.40. The number of rotatable bonds is 10. The lowest BCUT2D eigenvalue weighted by atomic mass is 9.83. The van der Waals surface area contributed by atoms with E-state index in [-0.39, 0.29) is 17.7 Å². The molecular weight excluding hydrogens is 602 g/mol. The van der Waals surface area contributed by atoms with Gasteiger partial charge in [-0.15, -0.1) is 0 Å². The van der Waals surface area contributed by atoms with Crippen molar-refractivity contribution in [3.63, 3.8) is 0 Å². The second-order valence-corrected chi connectivity index (χ2v) is 15.8. The van der Waals surface area contributed by atoms with Crippen LogP contribution >= 0.6 is 0 Å². The van der Waals surface area contributed by atoms with E-state index in [0.717, 1.165) is 38.0 Å². The number of carbonyl (C=O) groups excluding carboxylic acids is 6. The summed E-state index contributed by atoms with van der Waals surface area (Å²) < 4.78 is 5.55. The zero-order chi connectivity index (χ0) is 35.7. The Morgan fingerprint density at radius 2 is 1.43 bits per heavy atom. The van der Waals surface area contributed by atoms with Gasteiger partial charge in [0.05, 0.1) is 6.04 Å². The smallest absolute Gasteiger partial charge is 0.329 e. The van der Waals surface area contributed by atoms with Crippen molar-refractivity contribution in [1.82, 2.24) is 20.9 Å². The molecule has 47 heavy (non-hydrogen) atoms. The standard InChI is InChI=1S/C30H51N5O7.C5H10/c1-9-18-15-16-35(21(18)25(38)32-17(2)22(36)24(31)37)26(39)20(19-13-11-10-12-14-19)33-28(41)34-23(29(3,4)5)27(40)42-30(6,7)8;1-5-3-2-4-5/h17-21,23H,9-16H2,1-8H3,(H2,31,37)(H,32,38)(H2,33,34,41);5H,2-4H2,1H3/t17?,18?,20?,21-,23?;/m0./s1. The maximum Gasteiger partial charge on any atom is 0.329 e. The summed E-state index contributed by atoms with van der Waals surface area (Å²) in [4.78, 5) is 78.8. The van der Waals surface area contributed by atoms with Crippen LogP contribution in [0.4, 0.5) is 4.79 Å². The van der Waals surface area contributed by atoms with Crippen molar-refractivity contribution in [2.45, 2.75) is 156 Å². The van der Waals surface area contributed by atoms with Crippen LogP contribution < -0.4 is 21.7 Å². The number of nitrogens with two attached hydrogens (primary N) is 1. The Morgan fingerprint density at radius 1 is 0.851 bits per heavy atom. The van der Waals surface area contributed by atoms with Crippen LogP contribution in [-0.4, -0.2) is 76.7 Å². The van der Waals surface area contributed by atoms with E-state index in [9.17, 15) is 28.8 Å². The average molecular weight is 664 g/mol. The number of Topliss-reactive ketones (excluding diaryl/α,β-unsaturated/α-hetero) is 1. The van der Waals surface area contributed by atoms with Gasteiger partial charge in [0.2, 0.25) is 17.6 Å². The van der Waals surface area contributed by atoms with E-state index >= 15 is 0 Å². The molecule has 3 rings (SSSR count). The molecule has 2 aliphatic carbocycles. The Balaban J connectivity index is 0.00000140. The highest BCUT2D eigenvalue weighted by Gasteiger charge is 2.46. The summed E-state index contributed by atoms with van der Waals surface area (Å²) in [6, 6.07) is -4.56. The number of likely N-dealkylation sites (tertiary alicyclic amines) is 1. The summed E-state index contributed by atoms with van der Waals surface area (Å²) >= 11 is 0. The fraction of sp³-hybridized carbons (Fsp3) is 0.829. The van der Waals surface area contributed by atoms with Crippen LogP contribution in [0.5, 0.6) is 0 Å². The lowest BCUT2D eigenvalue weighted by Gasteiger charge is -2.36. The van der Waals surface area contributed by atoms with Gasteiger partial charge in [-0.05, 0) is 70.1 Å². The van der Waals surface area contributed by atoms with Gasteiger partial charge in [-0.1, -0.05) is 79.6 Å². The molecule has 12 nitrogen and oxygen atoms in total. The fourth-order valence-corrected chi connectivity index (χ4v) is 6.41. The fourth-order valence-electron chi connectivity index (χ4n) is 6.41. The third kappa shape index (κ3) is 12.1. The van der Waals surface area contributed by atoms with Crippen LogP contribution in [0.25, 0.3) is 0 Å². The Kier molecular flexibility index (Phi) is 14.7. The van der Waals surface area contributed by atoms with E-state index in [2.05, 4.69) is 22.9 Å². The van der Waals surface area contributed by atoms with E-state index in [1.165, 1.54) is 31.1 Å². The van der Waals surface area contributed by atoms with Crippen molar-refractivity contribution < 1.29 is 33.5 Å². The van der Waals surface area contributed by atoms with Crippen molar-refractivity contribution in [3.8, 4) is 0 Å². The largest absolute Gasteiger partial charge is 0.458 e. The van der Waals surface area contributed by atoms with E-state index < -0.39 is 64.8 Å². The molecule has 0 radical (unpaired) electrons. The molecular formula is C35H61N5O7. The zero-order valence-corrected chi connectivity index (χ0v) is 30.2. The maximum absolute atomic E-state index is 14.2. The van der Waals surface area contributed by atoms with Gasteiger partial charge in [0.25, 0.3) is 5.91 Å². The Labute approximate surface area is 281 Å². The van der Waals surface area contributed by atoms with Gasteiger partial charge in [-0.25, -0.2) is 9.59 Å². The van der Waals surface area contributed by atoms with Gasteiger partial charge in [0.15, 0.2) is 0 Å². The number of urea groups is 1. The molecule has 3 fully saturated rings. The molecule has 268 valence electrons. The van der Waals surface area contributed by atoms with Crippen LogP contribution in [0.15, 0.2) is 0 Å². The Hall–Kier alpha value is -3.18. The van der Waals surface area contributed by atoms with Gasteiger partial charge < -0.3 is 31.3 Å². The van der Waals surface area contributed by atoms with Gasteiger partial charge in [-0.3, -0.25) is 19.2 Å². The predicted molar refractivity (Wildman–Crippen MR) is 180 cm³/mol. The summed E-state index contributed by atoms with van der Waals surface area (Å²) in [6.07, 6.45) is 9.98. The molecule has 1 saturated heterocycles. The first-order valence-corrected chi connectivity index (χ1v) is 17.5. The van der Waals surface area contributed by atoms with Crippen molar-refractivity contribution >= 4 is 35.5 Å². The number of esters is 1. The number of ketones is 1. The van der Waals surface area contributed by atoms with Gasteiger partial charge in [-0.2, -0.15) is 0 Å². The minimum Gasteiger partial charge on any atom is -0.458 e. The van der Waals surface area contributed by atoms with Crippen LogP contribution in [-0.2, 0) is 28.7 Å². The van der Waals surface area contributed by atoms with Gasteiger partial charge in [0, 0.05) is 6.54 Å².